The van der Waals surface area contributed by atoms with Crippen LogP contribution in [0.4, 0.5) is 0 Å². The minimum Gasteiger partial charge on any atom is -0.490 e. The van der Waals surface area contributed by atoms with Gasteiger partial charge in [0.05, 0.1) is 19.3 Å². The molecule has 0 aliphatic carbocycles. The van der Waals surface area contributed by atoms with Gasteiger partial charge in [0.15, 0.2) is 23.3 Å². The third kappa shape index (κ3) is 7.65. The third-order valence-corrected chi connectivity index (χ3v) is 5.50. The van der Waals surface area contributed by atoms with Crippen LogP contribution in [-0.4, -0.2) is 52.5 Å². The summed E-state index contributed by atoms with van der Waals surface area (Å²) in [6, 6.07) is 6.09. The van der Waals surface area contributed by atoms with Crippen LogP contribution in [0.15, 0.2) is 23.2 Å². The first kappa shape index (κ1) is 24.8. The second kappa shape index (κ2) is 13.1. The number of nitrogens with zero attached hydrogens (tertiary/aromatic N) is 4. The summed E-state index contributed by atoms with van der Waals surface area (Å²) in [5.74, 6) is 5.09. The standard InChI is InChI=1S/C22H36N6O2S/c1-7-29-19-11-10-18(14-20(19)30-8-2)16(3)25-22(23-12-9-13-31-6)24-15-21-27-26-17(4)28(21)5/h10-11,14,16H,7-9,12-13,15H2,1-6H3,(H2,23,24,25). The maximum Gasteiger partial charge on any atom is 0.192 e. The van der Waals surface area contributed by atoms with Crippen molar-refractivity contribution in [2.24, 2.45) is 12.0 Å². The molecule has 0 saturated carbocycles. The molecular weight excluding hydrogens is 412 g/mol. The molecule has 0 spiro atoms. The van der Waals surface area contributed by atoms with Crippen LogP contribution in [-0.2, 0) is 13.6 Å². The van der Waals surface area contributed by atoms with E-state index in [1.54, 1.807) is 0 Å². The topological polar surface area (TPSA) is 85.6 Å². The van der Waals surface area contributed by atoms with Gasteiger partial charge in [-0.3, -0.25) is 0 Å². The van der Waals surface area contributed by atoms with Crippen molar-refractivity contribution in [2.45, 2.75) is 46.7 Å². The molecule has 8 nitrogen and oxygen atoms in total. The summed E-state index contributed by atoms with van der Waals surface area (Å²) in [7, 11) is 1.96. The van der Waals surface area contributed by atoms with E-state index in [-0.39, 0.29) is 6.04 Å². The highest BCUT2D eigenvalue weighted by molar-refractivity contribution is 7.98. The molecule has 0 radical (unpaired) electrons. The van der Waals surface area contributed by atoms with E-state index in [9.17, 15) is 0 Å². The van der Waals surface area contributed by atoms with Crippen LogP contribution < -0.4 is 20.1 Å². The molecule has 1 atom stereocenters. The Kier molecular flexibility index (Phi) is 10.5. The lowest BCUT2D eigenvalue weighted by Gasteiger charge is -2.20. The van der Waals surface area contributed by atoms with E-state index in [0.717, 1.165) is 53.4 Å². The Morgan fingerprint density at radius 2 is 1.94 bits per heavy atom. The van der Waals surface area contributed by atoms with E-state index in [2.05, 4.69) is 40.1 Å². The molecule has 9 heteroatoms. The molecule has 2 rings (SSSR count). The molecule has 1 aromatic heterocycles. The summed E-state index contributed by atoms with van der Waals surface area (Å²) < 4.78 is 13.4. The highest BCUT2D eigenvalue weighted by Gasteiger charge is 2.13. The van der Waals surface area contributed by atoms with Crippen LogP contribution >= 0.6 is 11.8 Å². The number of nitrogens with one attached hydrogen (secondary N) is 2. The van der Waals surface area contributed by atoms with Crippen LogP contribution in [0.3, 0.4) is 0 Å². The molecule has 1 heterocycles. The maximum absolute atomic E-state index is 5.78. The fourth-order valence-corrected chi connectivity index (χ4v) is 3.37. The predicted octanol–water partition coefficient (Wildman–Crippen LogP) is 3.47. The molecule has 0 aliphatic rings. The summed E-state index contributed by atoms with van der Waals surface area (Å²) in [6.45, 7) is 10.5. The SMILES string of the molecule is CCOc1ccc(C(C)NC(=NCc2nnc(C)n2C)NCCCSC)cc1OCC. The summed E-state index contributed by atoms with van der Waals surface area (Å²) in [5, 5.41) is 15.3. The fourth-order valence-electron chi connectivity index (χ4n) is 2.94. The Morgan fingerprint density at radius 3 is 2.58 bits per heavy atom. The van der Waals surface area contributed by atoms with Gasteiger partial charge >= 0.3 is 0 Å². The van der Waals surface area contributed by atoms with E-state index in [1.165, 1.54) is 0 Å². The van der Waals surface area contributed by atoms with Gasteiger partial charge in [-0.2, -0.15) is 11.8 Å². The van der Waals surface area contributed by atoms with E-state index in [0.29, 0.717) is 19.8 Å². The van der Waals surface area contributed by atoms with E-state index in [1.807, 2.05) is 56.3 Å². The van der Waals surface area contributed by atoms with Gasteiger partial charge in [0.25, 0.3) is 0 Å². The highest BCUT2D eigenvalue weighted by Crippen LogP contribution is 2.30. The molecule has 2 N–H and O–H groups in total. The van der Waals surface area contributed by atoms with Crippen LogP contribution in [0.2, 0.25) is 0 Å². The van der Waals surface area contributed by atoms with Gasteiger partial charge < -0.3 is 24.7 Å². The zero-order chi connectivity index (χ0) is 22.6. The van der Waals surface area contributed by atoms with Crippen molar-refractivity contribution in [3.63, 3.8) is 0 Å². The smallest absolute Gasteiger partial charge is 0.192 e. The molecule has 0 aliphatic heterocycles. The first-order valence-corrected chi connectivity index (χ1v) is 12.2. The van der Waals surface area contributed by atoms with Crippen LogP contribution in [0.5, 0.6) is 11.5 Å². The Morgan fingerprint density at radius 1 is 1.19 bits per heavy atom. The lowest BCUT2D eigenvalue weighted by atomic mass is 10.1. The number of aliphatic imine (C=N–C) groups is 1. The zero-order valence-electron chi connectivity index (χ0n) is 19.6. The molecule has 1 unspecified atom stereocenters. The molecule has 172 valence electrons. The quantitative estimate of drug-likeness (QED) is 0.292. The molecular formula is C22H36N6O2S. The Hall–Kier alpha value is -2.42. The van der Waals surface area contributed by atoms with Crippen molar-refractivity contribution in [1.29, 1.82) is 0 Å². The lowest BCUT2D eigenvalue weighted by Crippen LogP contribution is -2.39. The van der Waals surface area contributed by atoms with Gasteiger partial charge in [-0.1, -0.05) is 6.07 Å². The number of ether oxygens (including phenoxy) is 2. The normalized spacial score (nSPS) is 12.5. The summed E-state index contributed by atoms with van der Waals surface area (Å²) in [4.78, 5) is 4.75. The lowest BCUT2D eigenvalue weighted by molar-refractivity contribution is 0.287. The highest BCUT2D eigenvalue weighted by atomic mass is 32.2. The van der Waals surface area contributed by atoms with Gasteiger partial charge in [0.2, 0.25) is 0 Å². The number of aromatic nitrogens is 3. The van der Waals surface area contributed by atoms with E-state index < -0.39 is 0 Å². The first-order chi connectivity index (χ1) is 15.0. The average Bonchev–Trinajstić information content (AvgIpc) is 3.08. The van der Waals surface area contributed by atoms with Gasteiger partial charge in [0.1, 0.15) is 12.4 Å². The second-order valence-corrected chi connectivity index (χ2v) is 8.08. The van der Waals surface area contributed by atoms with Crippen molar-refractivity contribution in [3.8, 4) is 11.5 Å². The molecule has 0 bridgehead atoms. The summed E-state index contributed by atoms with van der Waals surface area (Å²) in [6.07, 6.45) is 3.18. The van der Waals surface area contributed by atoms with Gasteiger partial charge in [-0.05, 0) is 63.8 Å². The fraction of sp³-hybridized carbons (Fsp3) is 0.591. The Bertz CT molecular complexity index is 839. The van der Waals surface area contributed by atoms with Crippen molar-refractivity contribution in [3.05, 3.63) is 35.4 Å². The summed E-state index contributed by atoms with van der Waals surface area (Å²) in [5.41, 5.74) is 1.10. The van der Waals surface area contributed by atoms with Crippen molar-refractivity contribution in [2.75, 3.05) is 31.8 Å². The number of rotatable bonds is 12. The molecule has 0 fully saturated rings. The molecule has 0 saturated heterocycles. The monoisotopic (exact) mass is 448 g/mol. The minimum atomic E-state index is 0.0305. The van der Waals surface area contributed by atoms with Crippen LogP contribution in [0.25, 0.3) is 0 Å². The number of hydrogen-bond donors (Lipinski definition) is 2. The number of thioether (sulfide) groups is 1. The second-order valence-electron chi connectivity index (χ2n) is 7.10. The van der Waals surface area contributed by atoms with Gasteiger partial charge in [-0.25, -0.2) is 4.99 Å². The van der Waals surface area contributed by atoms with Crippen LogP contribution in [0, 0.1) is 6.92 Å². The number of benzene rings is 1. The van der Waals surface area contributed by atoms with Gasteiger partial charge in [-0.15, -0.1) is 10.2 Å². The third-order valence-electron chi connectivity index (χ3n) is 4.80. The Labute approximate surface area is 190 Å². The van der Waals surface area contributed by atoms with Crippen molar-refractivity contribution < 1.29 is 9.47 Å². The van der Waals surface area contributed by atoms with E-state index >= 15 is 0 Å². The molecule has 31 heavy (non-hydrogen) atoms. The first-order valence-electron chi connectivity index (χ1n) is 10.8. The average molecular weight is 449 g/mol. The number of guanidine groups is 1. The maximum atomic E-state index is 5.78. The van der Waals surface area contributed by atoms with E-state index in [4.69, 9.17) is 14.5 Å². The minimum absolute atomic E-state index is 0.0305. The number of aryl methyl sites for hydroxylation is 1. The zero-order valence-corrected chi connectivity index (χ0v) is 20.4. The van der Waals surface area contributed by atoms with Gasteiger partial charge in [0, 0.05) is 13.6 Å². The van der Waals surface area contributed by atoms with Crippen LogP contribution in [0.1, 0.15) is 50.4 Å². The Balaban J connectivity index is 2.14. The predicted molar refractivity (Wildman–Crippen MR) is 128 cm³/mol. The molecule has 1 aromatic carbocycles. The van der Waals surface area contributed by atoms with Crippen molar-refractivity contribution >= 4 is 17.7 Å². The molecule has 0 amide bonds. The largest absolute Gasteiger partial charge is 0.490 e. The summed E-state index contributed by atoms with van der Waals surface area (Å²) >= 11 is 1.84. The van der Waals surface area contributed by atoms with Crippen molar-refractivity contribution in [1.82, 2.24) is 25.4 Å². The molecule has 2 aromatic rings. The number of hydrogen-bond acceptors (Lipinski definition) is 6.